The maximum absolute atomic E-state index is 16.5. The van der Waals surface area contributed by atoms with Crippen LogP contribution in [-0.2, 0) is 0 Å². The highest BCUT2D eigenvalue weighted by Gasteiger charge is 2.34. The van der Waals surface area contributed by atoms with E-state index in [-0.39, 0.29) is 17.2 Å². The second-order valence-electron chi connectivity index (χ2n) is 11.6. The number of nitrogens with zero attached hydrogens (tertiary/aromatic N) is 5. The van der Waals surface area contributed by atoms with Crippen molar-refractivity contribution in [2.45, 2.75) is 63.7 Å². The highest BCUT2D eigenvalue weighted by atomic mass is 35.5. The zero-order valence-electron chi connectivity index (χ0n) is 22.9. The molecule has 0 spiro atoms. The summed E-state index contributed by atoms with van der Waals surface area (Å²) in [5, 5.41) is 6.54. The second kappa shape index (κ2) is 10.4. The quantitative estimate of drug-likeness (QED) is 0.318. The Morgan fingerprint density at radius 3 is 2.62 bits per heavy atom. The molecule has 3 saturated heterocycles. The molecule has 9 heteroatoms. The van der Waals surface area contributed by atoms with Crippen LogP contribution in [-0.4, -0.2) is 70.3 Å². The van der Waals surface area contributed by atoms with Crippen LogP contribution >= 0.6 is 11.6 Å². The Labute approximate surface area is 238 Å². The molecule has 3 fully saturated rings. The minimum Gasteiger partial charge on any atom is -0.462 e. The minimum absolute atomic E-state index is 0.219. The van der Waals surface area contributed by atoms with Gasteiger partial charge in [0.15, 0.2) is 5.82 Å². The molecule has 208 valence electrons. The number of anilines is 1. The van der Waals surface area contributed by atoms with Crippen molar-refractivity contribution in [1.82, 2.24) is 25.2 Å². The van der Waals surface area contributed by atoms with Gasteiger partial charge < -0.3 is 15.0 Å². The van der Waals surface area contributed by atoms with Gasteiger partial charge in [0.2, 0.25) is 0 Å². The maximum Gasteiger partial charge on any atom is 0.319 e. The molecule has 2 aromatic heterocycles. The van der Waals surface area contributed by atoms with E-state index in [4.69, 9.17) is 21.3 Å². The van der Waals surface area contributed by atoms with E-state index in [0.717, 1.165) is 56.1 Å². The van der Waals surface area contributed by atoms with Gasteiger partial charge in [-0.05, 0) is 57.5 Å². The monoisotopic (exact) mass is 560 g/mol. The molecule has 3 atom stereocenters. The molecule has 40 heavy (non-hydrogen) atoms. The lowest BCUT2D eigenvalue weighted by Gasteiger charge is -2.34. The van der Waals surface area contributed by atoms with Crippen molar-refractivity contribution in [2.75, 3.05) is 31.1 Å². The van der Waals surface area contributed by atoms with E-state index in [9.17, 15) is 0 Å². The fraction of sp³-hybridized carbons (Fsp3) is 0.452. The predicted molar refractivity (Wildman–Crippen MR) is 158 cm³/mol. The first-order chi connectivity index (χ1) is 19.5. The zero-order valence-corrected chi connectivity index (χ0v) is 23.7. The fourth-order valence-corrected chi connectivity index (χ4v) is 7.15. The van der Waals surface area contributed by atoms with Crippen LogP contribution < -0.4 is 15.0 Å². The Kier molecular flexibility index (Phi) is 6.72. The van der Waals surface area contributed by atoms with Crippen LogP contribution in [0.25, 0.3) is 32.9 Å². The van der Waals surface area contributed by atoms with Crippen molar-refractivity contribution in [1.29, 1.82) is 0 Å². The van der Waals surface area contributed by atoms with Gasteiger partial charge in [0, 0.05) is 59.4 Å². The van der Waals surface area contributed by atoms with Crippen LogP contribution in [0.2, 0.25) is 5.02 Å². The molecule has 0 aliphatic carbocycles. The normalized spacial score (nSPS) is 23.1. The number of piperazine rings is 1. The van der Waals surface area contributed by atoms with E-state index in [2.05, 4.69) is 38.9 Å². The summed E-state index contributed by atoms with van der Waals surface area (Å²) >= 11 is 6.59. The smallest absolute Gasteiger partial charge is 0.319 e. The van der Waals surface area contributed by atoms with Crippen molar-refractivity contribution in [3.63, 3.8) is 0 Å². The van der Waals surface area contributed by atoms with Gasteiger partial charge in [-0.15, -0.1) is 0 Å². The summed E-state index contributed by atoms with van der Waals surface area (Å²) in [4.78, 5) is 18.9. The molecule has 2 aromatic carbocycles. The number of aromatic nitrogens is 3. The first-order valence-electron chi connectivity index (χ1n) is 14.4. The number of fused-ring (bicyclic) bond motifs is 4. The number of nitrogens with one attached hydrogen (secondary N) is 1. The second-order valence-corrected chi connectivity index (χ2v) is 12.0. The van der Waals surface area contributed by atoms with E-state index in [1.165, 1.54) is 0 Å². The third kappa shape index (κ3) is 4.56. The van der Waals surface area contributed by atoms with Gasteiger partial charge in [0.25, 0.3) is 0 Å². The topological polar surface area (TPSA) is 66.4 Å². The summed E-state index contributed by atoms with van der Waals surface area (Å²) in [5.74, 6) is 0.209. The van der Waals surface area contributed by atoms with Crippen molar-refractivity contribution >= 4 is 39.1 Å². The highest BCUT2D eigenvalue weighted by molar-refractivity contribution is 6.36. The van der Waals surface area contributed by atoms with Gasteiger partial charge in [-0.1, -0.05) is 41.9 Å². The van der Waals surface area contributed by atoms with Crippen LogP contribution in [0.15, 0.2) is 42.6 Å². The SMILES string of the molecule is CC(C)N1CCC[C@H]1COc1nc(N2C[C@H]3CC[C@@H](C2)N3)c2cnc(-c3cccc4cccc(Cl)c34)c(F)c2n1. The molecule has 0 amide bonds. The third-order valence-electron chi connectivity index (χ3n) is 8.76. The van der Waals surface area contributed by atoms with E-state index >= 15 is 4.39 Å². The molecule has 5 heterocycles. The lowest BCUT2D eigenvalue weighted by Crippen LogP contribution is -2.51. The Balaban J connectivity index is 1.33. The average molecular weight is 561 g/mol. The Morgan fingerprint density at radius 2 is 1.85 bits per heavy atom. The van der Waals surface area contributed by atoms with Crippen molar-refractivity contribution in [3.8, 4) is 17.3 Å². The summed E-state index contributed by atoms with van der Waals surface area (Å²) in [6, 6.07) is 13.2. The molecule has 0 unspecified atom stereocenters. The molecule has 4 aromatic rings. The molecular weight excluding hydrogens is 527 g/mol. The molecule has 0 radical (unpaired) electrons. The Morgan fingerprint density at radius 1 is 1.07 bits per heavy atom. The van der Waals surface area contributed by atoms with Gasteiger partial charge in [-0.2, -0.15) is 9.97 Å². The number of halogens is 2. The average Bonchev–Trinajstić information content (AvgIpc) is 3.57. The van der Waals surface area contributed by atoms with E-state index in [0.29, 0.717) is 52.6 Å². The summed E-state index contributed by atoms with van der Waals surface area (Å²) < 4.78 is 22.8. The highest BCUT2D eigenvalue weighted by Crippen LogP contribution is 2.38. The maximum atomic E-state index is 16.5. The van der Waals surface area contributed by atoms with Gasteiger partial charge in [0.1, 0.15) is 23.6 Å². The number of rotatable bonds is 6. The molecule has 7 nitrogen and oxygen atoms in total. The van der Waals surface area contributed by atoms with Gasteiger partial charge in [-0.3, -0.25) is 9.88 Å². The van der Waals surface area contributed by atoms with Gasteiger partial charge in [-0.25, -0.2) is 4.39 Å². The molecular formula is C31H34ClFN6O. The summed E-state index contributed by atoms with van der Waals surface area (Å²) in [6.45, 7) is 7.60. The van der Waals surface area contributed by atoms with Gasteiger partial charge in [0.05, 0.1) is 5.39 Å². The number of likely N-dealkylation sites (tertiary alicyclic amines) is 1. The van der Waals surface area contributed by atoms with Crippen molar-refractivity contribution in [2.24, 2.45) is 0 Å². The van der Waals surface area contributed by atoms with Crippen molar-refractivity contribution < 1.29 is 9.13 Å². The number of hydrogen-bond donors (Lipinski definition) is 1. The molecule has 2 bridgehead atoms. The van der Waals surface area contributed by atoms with Crippen molar-refractivity contribution in [3.05, 3.63) is 53.4 Å². The van der Waals surface area contributed by atoms with Crippen LogP contribution in [0.1, 0.15) is 39.5 Å². The van der Waals surface area contributed by atoms with Crippen LogP contribution in [0, 0.1) is 5.82 Å². The largest absolute Gasteiger partial charge is 0.462 e. The number of benzene rings is 2. The Hall–Kier alpha value is -3.07. The number of ether oxygens (including phenoxy) is 1. The molecule has 3 aliphatic heterocycles. The minimum atomic E-state index is -0.485. The lowest BCUT2D eigenvalue weighted by molar-refractivity contribution is 0.138. The summed E-state index contributed by atoms with van der Waals surface area (Å²) in [7, 11) is 0. The van der Waals surface area contributed by atoms with E-state index in [1.54, 1.807) is 6.20 Å². The number of pyridine rings is 1. The molecule has 3 aliphatic rings. The van der Waals surface area contributed by atoms with Crippen LogP contribution in [0.3, 0.4) is 0 Å². The number of hydrogen-bond acceptors (Lipinski definition) is 7. The van der Waals surface area contributed by atoms with Gasteiger partial charge >= 0.3 is 6.01 Å². The van der Waals surface area contributed by atoms with Crippen LogP contribution in [0.5, 0.6) is 6.01 Å². The first-order valence-corrected chi connectivity index (χ1v) is 14.8. The first kappa shape index (κ1) is 25.9. The standard InChI is InChI=1S/C31H34ClFN6O/c1-18(2)39-13-5-8-22(39)17-40-31-36-29-24(30(37-31)38-15-20-11-12-21(16-38)35-20)14-34-28(27(29)33)23-9-3-6-19-7-4-10-25(32)26(19)23/h3-4,6-7,9-10,14,18,20-22,35H,5,8,11-13,15-17H2,1-2H3/t20-,21+,22-/m0/s1. The molecule has 0 saturated carbocycles. The Bertz CT molecular complexity index is 1560. The fourth-order valence-electron chi connectivity index (χ4n) is 6.87. The van der Waals surface area contributed by atoms with Crippen LogP contribution in [0.4, 0.5) is 10.2 Å². The summed E-state index contributed by atoms with van der Waals surface area (Å²) in [6.07, 6.45) is 6.21. The predicted octanol–water partition coefficient (Wildman–Crippen LogP) is 5.83. The zero-order chi connectivity index (χ0) is 27.4. The molecule has 1 N–H and O–H groups in total. The molecule has 7 rings (SSSR count). The van der Waals surface area contributed by atoms with E-state index < -0.39 is 5.82 Å². The third-order valence-corrected chi connectivity index (χ3v) is 9.07. The lowest BCUT2D eigenvalue weighted by atomic mass is 10.0. The summed E-state index contributed by atoms with van der Waals surface area (Å²) in [5.41, 5.74) is 1.10. The van der Waals surface area contributed by atoms with E-state index in [1.807, 2.05) is 36.4 Å².